The van der Waals surface area contributed by atoms with Crippen molar-refractivity contribution in [3.8, 4) is 11.4 Å². The van der Waals surface area contributed by atoms with Gasteiger partial charge < -0.3 is 0 Å². The van der Waals surface area contributed by atoms with E-state index in [1.807, 2.05) is 67.6 Å². The number of fused-ring (bicyclic) bond motifs is 3. The van der Waals surface area contributed by atoms with Crippen molar-refractivity contribution in [3.63, 3.8) is 0 Å². The third kappa shape index (κ3) is 3.01. The van der Waals surface area contributed by atoms with Crippen molar-refractivity contribution >= 4 is 16.6 Å². The molecule has 0 atom stereocenters. The Hall–Kier alpha value is -3.73. The van der Waals surface area contributed by atoms with E-state index in [9.17, 15) is 4.79 Å². The minimum atomic E-state index is -0.189. The number of aryl methyl sites for hydroxylation is 2. The van der Waals surface area contributed by atoms with Gasteiger partial charge >= 0.3 is 5.69 Å². The molecule has 0 radical (unpaired) electrons. The summed E-state index contributed by atoms with van der Waals surface area (Å²) >= 11 is 0. The summed E-state index contributed by atoms with van der Waals surface area (Å²) in [6.07, 6.45) is 0. The van der Waals surface area contributed by atoms with E-state index in [0.29, 0.717) is 18.0 Å². The van der Waals surface area contributed by atoms with Crippen LogP contribution in [-0.2, 0) is 6.54 Å². The van der Waals surface area contributed by atoms with Crippen LogP contribution < -0.4 is 5.69 Å². The smallest absolute Gasteiger partial charge is 0.287 e. The van der Waals surface area contributed by atoms with Crippen molar-refractivity contribution in [3.05, 3.63) is 100.0 Å². The lowest BCUT2D eigenvalue weighted by molar-refractivity contribution is 0.716. The predicted molar refractivity (Wildman–Crippen MR) is 115 cm³/mol. The van der Waals surface area contributed by atoms with E-state index in [4.69, 9.17) is 4.98 Å². The number of rotatable bonds is 3. The number of benzene rings is 3. The van der Waals surface area contributed by atoms with Crippen molar-refractivity contribution < 1.29 is 0 Å². The first-order chi connectivity index (χ1) is 14.1. The Labute approximate surface area is 167 Å². The molecule has 29 heavy (non-hydrogen) atoms. The maximum Gasteiger partial charge on any atom is 0.351 e. The fourth-order valence-corrected chi connectivity index (χ4v) is 3.71. The van der Waals surface area contributed by atoms with E-state index in [0.717, 1.165) is 22.0 Å². The van der Waals surface area contributed by atoms with Gasteiger partial charge in [0.15, 0.2) is 11.5 Å². The van der Waals surface area contributed by atoms with Crippen molar-refractivity contribution in [1.82, 2.24) is 19.2 Å². The molecule has 0 fully saturated rings. The zero-order chi connectivity index (χ0) is 20.0. The molecule has 0 bridgehead atoms. The van der Waals surface area contributed by atoms with Gasteiger partial charge in [0.2, 0.25) is 0 Å². The van der Waals surface area contributed by atoms with Crippen LogP contribution in [0.4, 0.5) is 0 Å². The van der Waals surface area contributed by atoms with Gasteiger partial charge in [-0.3, -0.25) is 4.57 Å². The van der Waals surface area contributed by atoms with Crippen molar-refractivity contribution in [1.29, 1.82) is 0 Å². The summed E-state index contributed by atoms with van der Waals surface area (Å²) in [6.45, 7) is 4.58. The zero-order valence-corrected chi connectivity index (χ0v) is 16.3. The fraction of sp³-hybridized carbons (Fsp3) is 0.125. The van der Waals surface area contributed by atoms with Gasteiger partial charge in [-0.1, -0.05) is 71.8 Å². The summed E-state index contributed by atoms with van der Waals surface area (Å²) in [5.74, 6) is 0.556. The van der Waals surface area contributed by atoms with Crippen molar-refractivity contribution in [2.75, 3.05) is 0 Å². The fourth-order valence-electron chi connectivity index (χ4n) is 3.71. The maximum atomic E-state index is 13.4. The van der Waals surface area contributed by atoms with Crippen molar-refractivity contribution in [2.24, 2.45) is 0 Å². The highest BCUT2D eigenvalue weighted by molar-refractivity contribution is 5.91. The van der Waals surface area contributed by atoms with Gasteiger partial charge in [0.25, 0.3) is 0 Å². The maximum absolute atomic E-state index is 13.4. The van der Waals surface area contributed by atoms with E-state index in [2.05, 4.69) is 24.2 Å². The summed E-state index contributed by atoms with van der Waals surface area (Å²) < 4.78 is 3.19. The third-order valence-electron chi connectivity index (χ3n) is 5.19. The Morgan fingerprint density at radius 3 is 2.45 bits per heavy atom. The first kappa shape index (κ1) is 17.4. The number of hydrogen-bond acceptors (Lipinski definition) is 3. The van der Waals surface area contributed by atoms with Crippen LogP contribution in [0, 0.1) is 13.8 Å². The van der Waals surface area contributed by atoms with Crippen LogP contribution >= 0.6 is 0 Å². The van der Waals surface area contributed by atoms with Crippen LogP contribution in [0.1, 0.15) is 16.7 Å². The van der Waals surface area contributed by atoms with Crippen LogP contribution in [0.15, 0.2) is 77.6 Å². The quantitative estimate of drug-likeness (QED) is 0.467. The van der Waals surface area contributed by atoms with E-state index < -0.39 is 0 Å². The highest BCUT2D eigenvalue weighted by atomic mass is 16.2. The van der Waals surface area contributed by atoms with E-state index in [1.54, 1.807) is 4.57 Å². The van der Waals surface area contributed by atoms with E-state index >= 15 is 0 Å². The molecular formula is C24H20N4O. The molecule has 142 valence electrons. The normalized spacial score (nSPS) is 11.4. The lowest BCUT2D eigenvalue weighted by Gasteiger charge is -2.11. The number of hydrogen-bond donors (Lipinski definition) is 0. The number of aromatic nitrogens is 4. The molecule has 5 aromatic rings. The lowest BCUT2D eigenvalue weighted by Crippen LogP contribution is -2.28. The molecule has 2 aromatic heterocycles. The highest BCUT2D eigenvalue weighted by Crippen LogP contribution is 2.22. The van der Waals surface area contributed by atoms with Crippen LogP contribution in [0.3, 0.4) is 0 Å². The predicted octanol–water partition coefficient (Wildman–Crippen LogP) is 4.38. The first-order valence-electron chi connectivity index (χ1n) is 9.61. The molecule has 3 aromatic carbocycles. The van der Waals surface area contributed by atoms with Gasteiger partial charge in [0, 0.05) is 10.9 Å². The molecule has 5 rings (SSSR count). The van der Waals surface area contributed by atoms with Crippen LogP contribution in [0.2, 0.25) is 0 Å². The first-order valence-corrected chi connectivity index (χ1v) is 9.61. The standard InChI is InChI=1S/C24H20N4O/c1-16-10-12-19(13-11-16)22-25-23-20-8-3-4-9-21(20)27(24(29)28(23)26-22)15-18-7-5-6-17(2)14-18/h3-14H,15H2,1-2H3. The summed E-state index contributed by atoms with van der Waals surface area (Å²) in [4.78, 5) is 18.1. The molecule has 5 nitrogen and oxygen atoms in total. The number of para-hydroxylation sites is 1. The second-order valence-corrected chi connectivity index (χ2v) is 7.41. The molecular weight excluding hydrogens is 360 g/mol. The second kappa shape index (κ2) is 6.71. The lowest BCUT2D eigenvalue weighted by atomic mass is 10.1. The summed E-state index contributed by atoms with van der Waals surface area (Å²) in [5, 5.41) is 5.46. The molecule has 0 unspecified atom stereocenters. The molecule has 0 saturated heterocycles. The molecule has 2 heterocycles. The molecule has 0 aliphatic carbocycles. The Kier molecular flexibility index (Phi) is 4.02. The largest absolute Gasteiger partial charge is 0.351 e. The molecule has 5 heteroatoms. The number of nitrogens with zero attached hydrogens (tertiary/aromatic N) is 4. The Balaban J connectivity index is 1.76. The topological polar surface area (TPSA) is 52.2 Å². The molecule has 0 spiro atoms. The monoisotopic (exact) mass is 380 g/mol. The third-order valence-corrected chi connectivity index (χ3v) is 5.19. The molecule has 0 N–H and O–H groups in total. The van der Waals surface area contributed by atoms with Crippen LogP contribution in [0.25, 0.3) is 27.9 Å². The Morgan fingerprint density at radius 2 is 1.66 bits per heavy atom. The van der Waals surface area contributed by atoms with Gasteiger partial charge in [-0.15, -0.1) is 5.10 Å². The van der Waals surface area contributed by atoms with Gasteiger partial charge in [-0.05, 0) is 31.5 Å². The minimum absolute atomic E-state index is 0.189. The Morgan fingerprint density at radius 1 is 0.862 bits per heavy atom. The van der Waals surface area contributed by atoms with Gasteiger partial charge in [0.1, 0.15) is 0 Å². The van der Waals surface area contributed by atoms with Gasteiger partial charge in [-0.2, -0.15) is 4.52 Å². The SMILES string of the molecule is Cc1ccc(-c2nc3c4ccccc4n(Cc4cccc(C)c4)c(=O)n3n2)cc1. The summed E-state index contributed by atoms with van der Waals surface area (Å²) in [6, 6.07) is 24.1. The minimum Gasteiger partial charge on any atom is -0.287 e. The van der Waals surface area contributed by atoms with E-state index in [-0.39, 0.29) is 5.69 Å². The summed E-state index contributed by atoms with van der Waals surface area (Å²) in [7, 11) is 0. The molecule has 0 aliphatic rings. The van der Waals surface area contributed by atoms with Crippen LogP contribution in [-0.4, -0.2) is 19.2 Å². The van der Waals surface area contributed by atoms with E-state index in [1.165, 1.54) is 15.6 Å². The van der Waals surface area contributed by atoms with Crippen molar-refractivity contribution in [2.45, 2.75) is 20.4 Å². The average molecular weight is 380 g/mol. The Bertz CT molecular complexity index is 1410. The molecule has 0 saturated carbocycles. The van der Waals surface area contributed by atoms with Crippen LogP contribution in [0.5, 0.6) is 0 Å². The zero-order valence-electron chi connectivity index (χ0n) is 16.3. The van der Waals surface area contributed by atoms with Gasteiger partial charge in [0.05, 0.1) is 12.1 Å². The summed E-state index contributed by atoms with van der Waals surface area (Å²) in [5.41, 5.74) is 5.57. The molecule has 0 aliphatic heterocycles. The highest BCUT2D eigenvalue weighted by Gasteiger charge is 2.16. The van der Waals surface area contributed by atoms with Gasteiger partial charge in [-0.25, -0.2) is 9.78 Å². The molecule has 0 amide bonds. The average Bonchev–Trinajstić information content (AvgIpc) is 3.18. The second-order valence-electron chi connectivity index (χ2n) is 7.41.